The van der Waals surface area contributed by atoms with E-state index in [-0.39, 0.29) is 33.0 Å². The van der Waals surface area contributed by atoms with Crippen LogP contribution in [0.25, 0.3) is 0 Å². The van der Waals surface area contributed by atoms with Gasteiger partial charge in [-0.15, -0.1) is 0 Å². The average Bonchev–Trinajstić information content (AvgIpc) is 3.37. The predicted molar refractivity (Wildman–Crippen MR) is 266 cm³/mol. The number of carbonyl (C=O) groups excluding carboxylic acids is 2. The highest BCUT2D eigenvalue weighted by atomic mass is 35.6. The molecule has 5 aromatic carbocycles. The predicted octanol–water partition coefficient (Wildman–Crippen LogP) is 9.83. The van der Waals surface area contributed by atoms with E-state index in [9.17, 15) is 9.59 Å². The van der Waals surface area contributed by atoms with Gasteiger partial charge in [0.25, 0.3) is 0 Å². The Balaban J connectivity index is 1.18. The van der Waals surface area contributed by atoms with Crippen LogP contribution >= 0.6 is 46.6 Å². The summed E-state index contributed by atoms with van der Waals surface area (Å²) in [6.07, 6.45) is -9.76. The SMILES string of the molecule is COc1ccc(CO[C@@H]2[C@H](OCc3ccccc3)[C@H](O[C@H]3[C@H](OC(C)=O)[C@@H](NC(=O)OCC(Cl)(Cl)Cl)[C@H](Sc4ccc(C)cc4)O[C@@H]3COCc3ccccc3)O[C@@H]3CO[C@@H](c4ccccc4)O[C@@H]23)cc1. The molecule has 0 bridgehead atoms. The lowest BCUT2D eigenvalue weighted by atomic mass is 9.95. The van der Waals surface area contributed by atoms with Gasteiger partial charge in [-0.2, -0.15) is 0 Å². The van der Waals surface area contributed by atoms with E-state index in [1.54, 1.807) is 7.11 Å². The van der Waals surface area contributed by atoms with E-state index in [1.807, 2.05) is 146 Å². The molecule has 14 nitrogen and oxygen atoms in total. The minimum atomic E-state index is -1.91. The number of carbonyl (C=O) groups is 2. The number of hydrogen-bond acceptors (Lipinski definition) is 14. The van der Waals surface area contributed by atoms with Crippen LogP contribution in [0.2, 0.25) is 0 Å². The zero-order chi connectivity index (χ0) is 49.7. The zero-order valence-corrected chi connectivity index (χ0v) is 42.3. The van der Waals surface area contributed by atoms with Crippen molar-refractivity contribution in [1.82, 2.24) is 5.32 Å². The van der Waals surface area contributed by atoms with Gasteiger partial charge in [-0.25, -0.2) is 4.79 Å². The molecule has 5 aromatic rings. The van der Waals surface area contributed by atoms with E-state index < -0.39 is 89.2 Å². The fourth-order valence-corrected chi connectivity index (χ4v) is 9.66. The summed E-state index contributed by atoms with van der Waals surface area (Å²) in [7, 11) is 1.61. The van der Waals surface area contributed by atoms with Crippen LogP contribution in [0.4, 0.5) is 4.79 Å². The molecule has 8 rings (SSSR count). The molecule has 71 heavy (non-hydrogen) atoms. The Labute approximate surface area is 432 Å². The summed E-state index contributed by atoms with van der Waals surface area (Å²) in [4.78, 5) is 27.8. The Bertz CT molecular complexity index is 2420. The number of methoxy groups -OCH3 is 1. The molecule has 1 amide bonds. The lowest BCUT2D eigenvalue weighted by molar-refractivity contribution is -0.385. The first-order chi connectivity index (χ1) is 34.4. The van der Waals surface area contributed by atoms with Gasteiger partial charge in [0.05, 0.1) is 40.1 Å². The van der Waals surface area contributed by atoms with Gasteiger partial charge in [0.15, 0.2) is 18.7 Å². The van der Waals surface area contributed by atoms with E-state index in [4.69, 9.17) is 86.9 Å². The number of rotatable bonds is 19. The summed E-state index contributed by atoms with van der Waals surface area (Å²) in [5, 5.41) is 2.85. The summed E-state index contributed by atoms with van der Waals surface area (Å²) in [5.41, 5.74) is 3.57. The van der Waals surface area contributed by atoms with Crippen LogP contribution < -0.4 is 10.1 Å². The number of esters is 1. The fraction of sp³-hybridized carbons (Fsp3) is 0.396. The van der Waals surface area contributed by atoms with Crippen molar-refractivity contribution in [3.8, 4) is 5.75 Å². The maximum atomic E-state index is 13.7. The molecule has 378 valence electrons. The summed E-state index contributed by atoms with van der Waals surface area (Å²) < 4.78 is 69.4. The molecule has 0 unspecified atom stereocenters. The highest BCUT2D eigenvalue weighted by Crippen LogP contribution is 2.41. The van der Waals surface area contributed by atoms with Crippen molar-refractivity contribution in [3.05, 3.63) is 167 Å². The van der Waals surface area contributed by atoms with Crippen molar-refractivity contribution in [2.24, 2.45) is 0 Å². The number of ether oxygens (including phenoxy) is 11. The molecule has 1 N–H and O–H groups in total. The number of aryl methyl sites for hydroxylation is 1. The van der Waals surface area contributed by atoms with E-state index in [2.05, 4.69) is 5.32 Å². The van der Waals surface area contributed by atoms with Crippen LogP contribution in [0, 0.1) is 6.92 Å². The van der Waals surface area contributed by atoms with Crippen LogP contribution in [0.5, 0.6) is 5.75 Å². The lowest BCUT2D eigenvalue weighted by Gasteiger charge is -2.51. The summed E-state index contributed by atoms with van der Waals surface area (Å²) in [5.74, 6) is 0.0271. The quantitative estimate of drug-likeness (QED) is 0.0618. The molecule has 0 aliphatic carbocycles. The Morgan fingerprint density at radius 2 is 1.34 bits per heavy atom. The minimum absolute atomic E-state index is 0.0522. The van der Waals surface area contributed by atoms with Gasteiger partial charge in [0.2, 0.25) is 3.79 Å². The number of alkyl carbamates (subject to hydrolysis) is 1. The van der Waals surface area contributed by atoms with Gasteiger partial charge in [-0.1, -0.05) is 167 Å². The largest absolute Gasteiger partial charge is 0.497 e. The first-order valence-corrected chi connectivity index (χ1v) is 25.1. The first-order valence-electron chi connectivity index (χ1n) is 23.1. The molecule has 3 saturated heterocycles. The van der Waals surface area contributed by atoms with Crippen molar-refractivity contribution in [2.75, 3.05) is 26.9 Å². The van der Waals surface area contributed by atoms with Crippen LogP contribution in [0.1, 0.15) is 41.0 Å². The van der Waals surface area contributed by atoms with Crippen molar-refractivity contribution in [1.29, 1.82) is 0 Å². The number of halogens is 3. The summed E-state index contributed by atoms with van der Waals surface area (Å²) in [6, 6.07) is 43.1. The van der Waals surface area contributed by atoms with E-state index in [1.165, 1.54) is 18.7 Å². The fourth-order valence-electron chi connectivity index (χ4n) is 8.37. The van der Waals surface area contributed by atoms with Gasteiger partial charge in [-0.3, -0.25) is 4.79 Å². The lowest BCUT2D eigenvalue weighted by Crippen LogP contribution is -2.68. The highest BCUT2D eigenvalue weighted by molar-refractivity contribution is 7.99. The van der Waals surface area contributed by atoms with E-state index in [0.29, 0.717) is 5.75 Å². The Morgan fingerprint density at radius 1 is 0.718 bits per heavy atom. The Morgan fingerprint density at radius 3 is 1.97 bits per heavy atom. The van der Waals surface area contributed by atoms with Crippen LogP contribution in [0.15, 0.2) is 144 Å². The van der Waals surface area contributed by atoms with E-state index in [0.717, 1.165) is 32.7 Å². The molecular weight excluding hydrogens is 997 g/mol. The number of alkyl halides is 3. The second kappa shape index (κ2) is 25.5. The smallest absolute Gasteiger partial charge is 0.407 e. The van der Waals surface area contributed by atoms with Crippen molar-refractivity contribution >= 4 is 58.6 Å². The van der Waals surface area contributed by atoms with Gasteiger partial charge in [0, 0.05) is 17.4 Å². The van der Waals surface area contributed by atoms with Crippen molar-refractivity contribution in [2.45, 2.75) is 109 Å². The second-order valence-corrected chi connectivity index (χ2v) is 20.8. The molecule has 0 radical (unpaired) electrons. The van der Waals surface area contributed by atoms with Crippen molar-refractivity contribution < 1.29 is 61.7 Å². The topological polar surface area (TPSA) is 148 Å². The molecule has 3 aliphatic rings. The molecule has 0 saturated carbocycles. The molecular formula is C53H56Cl3NO13S. The minimum Gasteiger partial charge on any atom is -0.497 e. The first kappa shape index (κ1) is 52.9. The molecule has 0 aromatic heterocycles. The van der Waals surface area contributed by atoms with Crippen LogP contribution in [-0.2, 0) is 72.0 Å². The van der Waals surface area contributed by atoms with Gasteiger partial charge in [0.1, 0.15) is 60.5 Å². The summed E-state index contributed by atoms with van der Waals surface area (Å²) >= 11 is 19.3. The highest BCUT2D eigenvalue weighted by Gasteiger charge is 2.56. The van der Waals surface area contributed by atoms with Gasteiger partial charge < -0.3 is 57.4 Å². The normalized spacial score (nSPS) is 26.4. The maximum Gasteiger partial charge on any atom is 0.407 e. The third-order valence-corrected chi connectivity index (χ3v) is 13.3. The monoisotopic (exact) mass is 1050 g/mol. The molecule has 0 spiro atoms. The average molecular weight is 1050 g/mol. The molecule has 3 heterocycles. The standard InChI is InChI=1S/C53H56Cl3NO13S/c1-33-19-25-40(26-20-33)71-51-43(57-52(59)65-32-53(54,55)56)46(66-34(2)58)44(41(68-51)30-61-27-35-13-7-4-8-14-35)70-50-48(63-28-36-15-9-5-10-16-36)47(62-29-37-21-23-39(60-3)24-22-37)45-42(67-50)31-64-49(69-45)38-17-11-6-12-18-38/h4-26,41-51H,27-32H2,1-3H3,(H,57,59)/t41-,42-,43-,44-,45-,46-,47+,48+,49-,50+,51+/m1/s1. The van der Waals surface area contributed by atoms with E-state index >= 15 is 0 Å². The Hall–Kier alpha value is -4.46. The van der Waals surface area contributed by atoms with Crippen LogP contribution in [-0.4, -0.2) is 103 Å². The molecule has 18 heteroatoms. The zero-order valence-electron chi connectivity index (χ0n) is 39.2. The Kier molecular flexibility index (Phi) is 19.0. The summed E-state index contributed by atoms with van der Waals surface area (Å²) in [6.45, 7) is 3.20. The number of benzene rings is 5. The number of nitrogens with one attached hydrogen (secondary N) is 1. The third-order valence-electron chi connectivity index (χ3n) is 11.8. The number of thioether (sulfide) groups is 1. The molecule has 3 fully saturated rings. The maximum absolute atomic E-state index is 13.7. The van der Waals surface area contributed by atoms with Crippen LogP contribution in [0.3, 0.4) is 0 Å². The van der Waals surface area contributed by atoms with Crippen molar-refractivity contribution in [3.63, 3.8) is 0 Å². The van der Waals surface area contributed by atoms with Gasteiger partial charge in [-0.05, 0) is 47.9 Å². The van der Waals surface area contributed by atoms with Gasteiger partial charge >= 0.3 is 12.1 Å². The third kappa shape index (κ3) is 15.1. The number of fused-ring (bicyclic) bond motifs is 1. The number of hydrogen-bond donors (Lipinski definition) is 1. The molecule has 11 atom stereocenters. The second-order valence-electron chi connectivity index (χ2n) is 17.1. The number of amides is 1. The molecule has 3 aliphatic heterocycles.